The minimum absolute atomic E-state index is 0.172. The lowest BCUT2D eigenvalue weighted by atomic mass is 9.89. The van der Waals surface area contributed by atoms with Crippen molar-refractivity contribution in [1.29, 1.82) is 0 Å². The molecule has 15 heteroatoms. The number of aromatic amines is 1. The lowest BCUT2D eigenvalue weighted by Crippen LogP contribution is -2.55. The number of carbonyl (C=O) groups is 2. The number of ether oxygens (including phenoxy) is 1. The van der Waals surface area contributed by atoms with Crippen LogP contribution in [0.1, 0.15) is 48.4 Å². The van der Waals surface area contributed by atoms with E-state index < -0.39 is 24.3 Å². The van der Waals surface area contributed by atoms with Crippen LogP contribution in [0, 0.1) is 18.7 Å². The van der Waals surface area contributed by atoms with Crippen molar-refractivity contribution in [3.05, 3.63) is 82.5 Å². The van der Waals surface area contributed by atoms with Gasteiger partial charge in [-0.05, 0) is 61.9 Å². The van der Waals surface area contributed by atoms with Gasteiger partial charge in [0.1, 0.15) is 34.6 Å². The van der Waals surface area contributed by atoms with Crippen molar-refractivity contribution in [3.63, 3.8) is 0 Å². The Hall–Kier alpha value is -4.92. The lowest BCUT2D eigenvalue weighted by molar-refractivity contribution is -0.134. The minimum atomic E-state index is -0.646. The number of anilines is 1. The number of rotatable bonds is 10. The van der Waals surface area contributed by atoms with E-state index >= 15 is 4.39 Å². The molecule has 0 bridgehead atoms. The van der Waals surface area contributed by atoms with E-state index in [9.17, 15) is 14.0 Å². The van der Waals surface area contributed by atoms with Crippen LogP contribution >= 0.6 is 11.6 Å². The average molecular weight is 772 g/mol. The molecule has 3 saturated heterocycles. The highest BCUT2D eigenvalue weighted by Gasteiger charge is 2.32. The van der Waals surface area contributed by atoms with Crippen molar-refractivity contribution in [2.75, 3.05) is 50.8 Å². The highest BCUT2D eigenvalue weighted by molar-refractivity contribution is 6.32. The molecule has 1 unspecified atom stereocenters. The molecule has 2 atom stereocenters. The highest BCUT2D eigenvalue weighted by atomic mass is 35.5. The third-order valence-corrected chi connectivity index (χ3v) is 11.5. The Kier molecular flexibility index (Phi) is 10.6. The molecule has 3 fully saturated rings. The number of amides is 2. The highest BCUT2D eigenvalue weighted by Crippen LogP contribution is 2.37. The van der Waals surface area contributed by atoms with Crippen LogP contribution in [0.15, 0.2) is 54.9 Å². The van der Waals surface area contributed by atoms with Crippen molar-refractivity contribution in [2.24, 2.45) is 13.0 Å². The number of fused-ring (bicyclic) bond motifs is 1. The molecular weight excluding hydrogens is 728 g/mol. The van der Waals surface area contributed by atoms with E-state index in [4.69, 9.17) is 16.3 Å². The molecule has 5 aromatic rings. The van der Waals surface area contributed by atoms with Crippen molar-refractivity contribution in [1.82, 2.24) is 39.8 Å². The number of nitrogens with zero attached hydrogens (tertiary/aromatic N) is 7. The Balaban J connectivity index is 0.830. The number of aryl methyl sites for hydroxylation is 2. The van der Waals surface area contributed by atoms with Crippen LogP contribution in [-0.2, 0) is 23.2 Å². The van der Waals surface area contributed by atoms with Gasteiger partial charge < -0.3 is 14.6 Å². The summed E-state index contributed by atoms with van der Waals surface area (Å²) in [5, 5.41) is 7.09. The Morgan fingerprint density at radius 2 is 1.84 bits per heavy atom. The van der Waals surface area contributed by atoms with Gasteiger partial charge in [0.2, 0.25) is 11.8 Å². The average Bonchev–Trinajstić information content (AvgIpc) is 3.76. The molecule has 2 N–H and O–H groups in total. The zero-order valence-corrected chi connectivity index (χ0v) is 31.7. The first-order valence-electron chi connectivity index (χ1n) is 18.8. The summed E-state index contributed by atoms with van der Waals surface area (Å²) in [5.74, 6) is 0.324. The number of piperidine rings is 2. The molecular formula is C40H44ClF2N9O3. The van der Waals surface area contributed by atoms with E-state index in [0.29, 0.717) is 64.5 Å². The number of aromatic nitrogens is 5. The fourth-order valence-electron chi connectivity index (χ4n) is 8.19. The van der Waals surface area contributed by atoms with Gasteiger partial charge in [-0.3, -0.25) is 29.4 Å². The number of pyridine rings is 1. The molecule has 3 aliphatic heterocycles. The molecule has 0 aliphatic carbocycles. The molecule has 3 aliphatic rings. The SMILES string of the molecule is Cc1nn(C)cc1-c1nc2ncc(Cl)c(Oc3ccc(CN4CCN(CC5CCN(c6ccc([C@@H]7CCC(=O)NC7=O)c(F)c6)CC5)C(CF)C4)cc3)c2[nH]1. The molecule has 0 radical (unpaired) electrons. The van der Waals surface area contributed by atoms with E-state index in [1.807, 2.05) is 50.5 Å². The monoisotopic (exact) mass is 771 g/mol. The minimum Gasteiger partial charge on any atom is -0.453 e. The summed E-state index contributed by atoms with van der Waals surface area (Å²) in [6.45, 7) is 6.93. The number of piperazine rings is 1. The van der Waals surface area contributed by atoms with E-state index in [2.05, 4.69) is 40.1 Å². The Bertz CT molecular complexity index is 2200. The van der Waals surface area contributed by atoms with Crippen molar-refractivity contribution in [3.8, 4) is 22.9 Å². The second-order valence-corrected chi connectivity index (χ2v) is 15.4. The van der Waals surface area contributed by atoms with Crippen LogP contribution in [0.5, 0.6) is 11.5 Å². The molecule has 288 valence electrons. The van der Waals surface area contributed by atoms with E-state index in [1.165, 1.54) is 12.3 Å². The number of hydrogen-bond acceptors (Lipinski definition) is 9. The third-order valence-electron chi connectivity index (χ3n) is 11.2. The van der Waals surface area contributed by atoms with Crippen LogP contribution in [0.2, 0.25) is 5.02 Å². The number of imidazole rings is 1. The molecule has 6 heterocycles. The Labute approximate surface area is 322 Å². The molecule has 55 heavy (non-hydrogen) atoms. The molecule has 12 nitrogen and oxygen atoms in total. The predicted octanol–water partition coefficient (Wildman–Crippen LogP) is 6.14. The van der Waals surface area contributed by atoms with Gasteiger partial charge in [-0.15, -0.1) is 0 Å². The summed E-state index contributed by atoms with van der Waals surface area (Å²) in [5.41, 5.74) is 5.04. The number of hydrogen-bond donors (Lipinski definition) is 2. The molecule has 3 aromatic heterocycles. The Morgan fingerprint density at radius 1 is 1.04 bits per heavy atom. The van der Waals surface area contributed by atoms with Gasteiger partial charge in [0.15, 0.2) is 11.4 Å². The number of imide groups is 1. The van der Waals surface area contributed by atoms with Crippen LogP contribution in [0.3, 0.4) is 0 Å². The van der Waals surface area contributed by atoms with Gasteiger partial charge in [-0.1, -0.05) is 29.8 Å². The number of H-pyrrole nitrogens is 1. The maximum Gasteiger partial charge on any atom is 0.234 e. The van der Waals surface area contributed by atoms with Gasteiger partial charge in [0, 0.05) is 76.7 Å². The van der Waals surface area contributed by atoms with E-state index in [-0.39, 0.29) is 18.4 Å². The number of halogens is 3. The normalized spacial score (nSPS) is 20.3. The summed E-state index contributed by atoms with van der Waals surface area (Å²) in [4.78, 5) is 42.9. The first kappa shape index (κ1) is 37.0. The van der Waals surface area contributed by atoms with Gasteiger partial charge in [-0.2, -0.15) is 5.10 Å². The summed E-state index contributed by atoms with van der Waals surface area (Å²) >= 11 is 6.55. The molecule has 8 rings (SSSR count). The quantitative estimate of drug-likeness (QED) is 0.161. The topological polar surface area (TPSA) is 125 Å². The second kappa shape index (κ2) is 15.7. The zero-order valence-electron chi connectivity index (χ0n) is 30.9. The second-order valence-electron chi connectivity index (χ2n) is 14.9. The Morgan fingerprint density at radius 3 is 2.55 bits per heavy atom. The van der Waals surface area contributed by atoms with Crippen LogP contribution in [0.4, 0.5) is 14.5 Å². The summed E-state index contributed by atoms with van der Waals surface area (Å²) in [7, 11) is 1.86. The predicted molar refractivity (Wildman–Crippen MR) is 205 cm³/mol. The number of nitrogens with one attached hydrogen (secondary N) is 2. The number of benzene rings is 2. The molecule has 2 amide bonds. The van der Waals surface area contributed by atoms with Gasteiger partial charge in [0.05, 0.1) is 29.4 Å². The van der Waals surface area contributed by atoms with Crippen molar-refractivity contribution in [2.45, 2.75) is 51.1 Å². The van der Waals surface area contributed by atoms with Gasteiger partial charge in [0.25, 0.3) is 0 Å². The third kappa shape index (κ3) is 7.94. The van der Waals surface area contributed by atoms with Crippen molar-refractivity contribution >= 4 is 40.3 Å². The number of alkyl halides is 1. The lowest BCUT2D eigenvalue weighted by Gasteiger charge is -2.43. The van der Waals surface area contributed by atoms with E-state index in [0.717, 1.165) is 68.1 Å². The first-order chi connectivity index (χ1) is 26.6. The van der Waals surface area contributed by atoms with Gasteiger partial charge in [-0.25, -0.2) is 18.7 Å². The van der Waals surface area contributed by atoms with Crippen LogP contribution in [0.25, 0.3) is 22.6 Å². The summed E-state index contributed by atoms with van der Waals surface area (Å²) in [6.07, 6.45) is 5.84. The van der Waals surface area contributed by atoms with Crippen molar-refractivity contribution < 1.29 is 23.1 Å². The molecule has 0 saturated carbocycles. The standard InChI is InChI=1S/C40H44ClF2N9O3/c1-24-32(23-49(2)48-24)38-46-36-37(33(41)19-44-39(36)47-38)55-29-6-3-25(4-7-29)20-50-15-16-52(28(18-42)22-50)21-26-11-13-51(14-12-26)27-5-8-30(34(43)17-27)31-9-10-35(53)45-40(31)54/h3-8,17,19,23,26,28,31H,9-16,18,20-22H2,1-2H3,(H,44,46,47)(H,45,53,54)/t28?,31-/m0/s1. The smallest absolute Gasteiger partial charge is 0.234 e. The van der Waals surface area contributed by atoms with Gasteiger partial charge >= 0.3 is 0 Å². The van der Waals surface area contributed by atoms with E-state index in [1.54, 1.807) is 10.7 Å². The van der Waals surface area contributed by atoms with Crippen LogP contribution < -0.4 is 15.0 Å². The fraction of sp³-hybridized carbons (Fsp3) is 0.425. The molecule has 0 spiro atoms. The maximum atomic E-state index is 15.2. The summed E-state index contributed by atoms with van der Waals surface area (Å²) in [6, 6.07) is 12.8. The largest absolute Gasteiger partial charge is 0.453 e. The fourth-order valence-corrected chi connectivity index (χ4v) is 8.37. The van der Waals surface area contributed by atoms with Crippen LogP contribution in [-0.4, -0.2) is 98.3 Å². The first-order valence-corrected chi connectivity index (χ1v) is 19.2. The molecule has 2 aromatic carbocycles. The number of carbonyl (C=O) groups excluding carboxylic acids is 2. The summed E-state index contributed by atoms with van der Waals surface area (Å²) < 4.78 is 37.6. The zero-order chi connectivity index (χ0) is 38.2. The maximum absolute atomic E-state index is 15.2.